The molecule has 1 aromatic carbocycles. The lowest BCUT2D eigenvalue weighted by Crippen LogP contribution is -2.44. The SMILES string of the molecule is COc1cccc(CN2CCC(NC(=O)c3csc(-c4cc(Br)cs4)n3)CC2)c1. The molecule has 2 aromatic heterocycles. The lowest BCUT2D eigenvalue weighted by molar-refractivity contribution is 0.0904. The molecule has 1 fully saturated rings. The maximum absolute atomic E-state index is 12.6. The lowest BCUT2D eigenvalue weighted by Gasteiger charge is -2.32. The number of likely N-dealkylation sites (tertiary alicyclic amines) is 1. The van der Waals surface area contributed by atoms with Crippen molar-refractivity contribution in [3.05, 3.63) is 56.8 Å². The number of thiazole rings is 1. The lowest BCUT2D eigenvalue weighted by atomic mass is 10.0. The number of carbonyl (C=O) groups excluding carboxylic acids is 1. The highest BCUT2D eigenvalue weighted by atomic mass is 79.9. The minimum atomic E-state index is -0.0747. The van der Waals surface area contributed by atoms with Gasteiger partial charge in [0.05, 0.1) is 12.0 Å². The molecule has 4 rings (SSSR count). The van der Waals surface area contributed by atoms with Crippen molar-refractivity contribution in [2.45, 2.75) is 25.4 Å². The number of hydrogen-bond donors (Lipinski definition) is 1. The minimum absolute atomic E-state index is 0.0747. The van der Waals surface area contributed by atoms with E-state index in [1.54, 1.807) is 18.4 Å². The third-order valence-corrected chi connectivity index (χ3v) is 7.68. The van der Waals surface area contributed by atoms with Crippen LogP contribution in [0.4, 0.5) is 0 Å². The number of thiophene rings is 1. The van der Waals surface area contributed by atoms with E-state index in [0.717, 1.165) is 52.6 Å². The van der Waals surface area contributed by atoms with Gasteiger partial charge in [-0.1, -0.05) is 12.1 Å². The molecule has 0 aliphatic carbocycles. The Morgan fingerprint density at radius 1 is 1.28 bits per heavy atom. The van der Waals surface area contributed by atoms with Crippen molar-refractivity contribution in [1.82, 2.24) is 15.2 Å². The first kappa shape index (κ1) is 20.5. The number of ether oxygens (including phenoxy) is 1. The smallest absolute Gasteiger partial charge is 0.270 e. The summed E-state index contributed by atoms with van der Waals surface area (Å²) in [5.74, 6) is 0.816. The van der Waals surface area contributed by atoms with E-state index in [1.807, 2.05) is 29.0 Å². The van der Waals surface area contributed by atoms with Gasteiger partial charge in [-0.05, 0) is 52.5 Å². The predicted octanol–water partition coefficient (Wildman–Crippen LogP) is 5.04. The molecule has 0 saturated carbocycles. The molecule has 1 saturated heterocycles. The number of nitrogens with one attached hydrogen (secondary N) is 1. The second kappa shape index (κ2) is 9.38. The number of methoxy groups -OCH3 is 1. The highest BCUT2D eigenvalue weighted by Gasteiger charge is 2.22. The average Bonchev–Trinajstić information content (AvgIpc) is 3.39. The fraction of sp³-hybridized carbons (Fsp3) is 0.333. The van der Waals surface area contributed by atoms with Crippen molar-refractivity contribution < 1.29 is 9.53 Å². The van der Waals surface area contributed by atoms with E-state index in [-0.39, 0.29) is 11.9 Å². The molecule has 29 heavy (non-hydrogen) atoms. The molecular weight excluding hydrogens is 470 g/mol. The predicted molar refractivity (Wildman–Crippen MR) is 122 cm³/mol. The molecule has 0 bridgehead atoms. The Bertz CT molecular complexity index is 980. The molecule has 0 unspecified atom stereocenters. The average molecular weight is 492 g/mol. The number of amides is 1. The topological polar surface area (TPSA) is 54.5 Å². The fourth-order valence-electron chi connectivity index (χ4n) is 3.44. The standard InChI is InChI=1S/C21H22BrN3O2S2/c1-27-17-4-2-3-14(9-17)11-25-7-5-16(6-8-25)23-20(26)18-13-29-21(24-18)19-10-15(22)12-28-19/h2-4,9-10,12-13,16H,5-8,11H2,1H3,(H,23,26). The summed E-state index contributed by atoms with van der Waals surface area (Å²) in [5.41, 5.74) is 1.76. The van der Waals surface area contributed by atoms with Gasteiger partial charge in [-0.3, -0.25) is 9.69 Å². The van der Waals surface area contributed by atoms with Gasteiger partial charge in [0.1, 0.15) is 16.5 Å². The number of nitrogens with zero attached hydrogens (tertiary/aromatic N) is 2. The molecule has 1 aliphatic heterocycles. The quantitative estimate of drug-likeness (QED) is 0.524. The van der Waals surface area contributed by atoms with Gasteiger partial charge in [0, 0.05) is 40.9 Å². The normalized spacial score (nSPS) is 15.4. The van der Waals surface area contributed by atoms with Crippen molar-refractivity contribution in [2.24, 2.45) is 0 Å². The summed E-state index contributed by atoms with van der Waals surface area (Å²) in [6, 6.07) is 10.4. The van der Waals surface area contributed by atoms with E-state index in [4.69, 9.17) is 4.74 Å². The first-order valence-electron chi connectivity index (χ1n) is 9.47. The summed E-state index contributed by atoms with van der Waals surface area (Å²) in [7, 11) is 1.69. The Morgan fingerprint density at radius 3 is 2.83 bits per heavy atom. The van der Waals surface area contributed by atoms with Crippen LogP contribution in [0.2, 0.25) is 0 Å². The number of carbonyl (C=O) groups is 1. The summed E-state index contributed by atoms with van der Waals surface area (Å²) < 4.78 is 6.35. The third-order valence-electron chi connectivity index (χ3n) is 4.98. The van der Waals surface area contributed by atoms with Crippen LogP contribution in [0, 0.1) is 0 Å². The maximum atomic E-state index is 12.6. The number of halogens is 1. The zero-order valence-corrected chi connectivity index (χ0v) is 19.3. The first-order chi connectivity index (χ1) is 14.1. The van der Waals surface area contributed by atoms with Crippen LogP contribution in [-0.2, 0) is 6.54 Å². The van der Waals surface area contributed by atoms with Gasteiger partial charge >= 0.3 is 0 Å². The van der Waals surface area contributed by atoms with Gasteiger partial charge in [0.15, 0.2) is 0 Å². The molecule has 5 nitrogen and oxygen atoms in total. The van der Waals surface area contributed by atoms with E-state index in [2.05, 4.69) is 43.3 Å². The molecule has 3 heterocycles. The zero-order valence-electron chi connectivity index (χ0n) is 16.1. The number of aromatic nitrogens is 1. The van der Waals surface area contributed by atoms with E-state index in [9.17, 15) is 4.79 Å². The van der Waals surface area contributed by atoms with E-state index < -0.39 is 0 Å². The van der Waals surface area contributed by atoms with Crippen LogP contribution in [-0.4, -0.2) is 42.0 Å². The van der Waals surface area contributed by atoms with E-state index in [0.29, 0.717) is 5.69 Å². The number of hydrogen-bond acceptors (Lipinski definition) is 6. The molecule has 1 amide bonds. The number of piperidine rings is 1. The van der Waals surface area contributed by atoms with Crippen molar-refractivity contribution >= 4 is 44.5 Å². The molecule has 1 aliphatic rings. The van der Waals surface area contributed by atoms with Crippen molar-refractivity contribution in [1.29, 1.82) is 0 Å². The highest BCUT2D eigenvalue weighted by Crippen LogP contribution is 2.32. The Kier molecular flexibility index (Phi) is 6.64. The Balaban J connectivity index is 1.28. The molecule has 152 valence electrons. The van der Waals surface area contributed by atoms with Crippen LogP contribution in [0.5, 0.6) is 5.75 Å². The molecule has 8 heteroatoms. The van der Waals surface area contributed by atoms with Crippen LogP contribution < -0.4 is 10.1 Å². The van der Waals surface area contributed by atoms with Crippen molar-refractivity contribution in [2.75, 3.05) is 20.2 Å². The van der Waals surface area contributed by atoms with Crippen LogP contribution in [0.15, 0.2) is 45.6 Å². The number of rotatable bonds is 6. The second-order valence-electron chi connectivity index (χ2n) is 7.04. The minimum Gasteiger partial charge on any atom is -0.497 e. The van der Waals surface area contributed by atoms with Gasteiger partial charge in [0.25, 0.3) is 5.91 Å². The molecule has 0 spiro atoms. The summed E-state index contributed by atoms with van der Waals surface area (Å²) in [6.07, 6.45) is 1.90. The molecule has 0 radical (unpaired) electrons. The molecule has 1 N–H and O–H groups in total. The maximum Gasteiger partial charge on any atom is 0.270 e. The molecular formula is C21H22BrN3O2S2. The Morgan fingerprint density at radius 2 is 2.10 bits per heavy atom. The third kappa shape index (κ3) is 5.25. The first-order valence-corrected chi connectivity index (χ1v) is 12.0. The highest BCUT2D eigenvalue weighted by molar-refractivity contribution is 9.10. The Labute approximate surface area is 186 Å². The fourth-order valence-corrected chi connectivity index (χ4v) is 5.75. The van der Waals surface area contributed by atoms with Crippen LogP contribution >= 0.6 is 38.6 Å². The Hall–Kier alpha value is -1.74. The van der Waals surface area contributed by atoms with Gasteiger partial charge in [-0.25, -0.2) is 4.98 Å². The second-order valence-corrected chi connectivity index (χ2v) is 9.73. The summed E-state index contributed by atoms with van der Waals surface area (Å²) in [4.78, 5) is 20.6. The molecule has 0 atom stereocenters. The summed E-state index contributed by atoms with van der Waals surface area (Å²) >= 11 is 6.59. The zero-order chi connectivity index (χ0) is 20.2. The number of benzene rings is 1. The van der Waals surface area contributed by atoms with Crippen LogP contribution in [0.25, 0.3) is 9.88 Å². The van der Waals surface area contributed by atoms with Gasteiger partial charge < -0.3 is 10.1 Å². The summed E-state index contributed by atoms with van der Waals surface area (Å²) in [5, 5.41) is 7.92. The van der Waals surface area contributed by atoms with Crippen molar-refractivity contribution in [3.8, 4) is 15.6 Å². The van der Waals surface area contributed by atoms with Gasteiger partial charge in [-0.15, -0.1) is 22.7 Å². The van der Waals surface area contributed by atoms with E-state index in [1.165, 1.54) is 16.9 Å². The van der Waals surface area contributed by atoms with Crippen LogP contribution in [0.3, 0.4) is 0 Å². The molecule has 3 aromatic rings. The van der Waals surface area contributed by atoms with Gasteiger partial charge in [-0.2, -0.15) is 0 Å². The van der Waals surface area contributed by atoms with Crippen LogP contribution in [0.1, 0.15) is 28.9 Å². The summed E-state index contributed by atoms with van der Waals surface area (Å²) in [6.45, 7) is 2.84. The van der Waals surface area contributed by atoms with E-state index >= 15 is 0 Å². The monoisotopic (exact) mass is 491 g/mol. The van der Waals surface area contributed by atoms with Gasteiger partial charge in [0.2, 0.25) is 0 Å². The largest absolute Gasteiger partial charge is 0.497 e. The van der Waals surface area contributed by atoms with Crippen molar-refractivity contribution in [3.63, 3.8) is 0 Å².